The molecule has 1 aliphatic carbocycles. The molecule has 0 aromatic carbocycles. The highest BCUT2D eigenvalue weighted by atomic mass is 15.0. The second-order valence-electron chi connectivity index (χ2n) is 2.29. The standard InChI is InChI=1S/C8H14N3/c1-9-6-4-5-7(10-2)8(6)11-3/h4-5,9-11H,1-3H3. The molecule has 0 heterocycles. The zero-order chi connectivity index (χ0) is 8.27. The van der Waals surface area contributed by atoms with Crippen molar-refractivity contribution in [1.29, 1.82) is 0 Å². The lowest BCUT2D eigenvalue weighted by Gasteiger charge is -2.09. The van der Waals surface area contributed by atoms with Gasteiger partial charge in [-0.1, -0.05) is 0 Å². The van der Waals surface area contributed by atoms with Gasteiger partial charge < -0.3 is 16.0 Å². The molecular weight excluding hydrogens is 138 g/mol. The highest BCUT2D eigenvalue weighted by Gasteiger charge is 2.13. The summed E-state index contributed by atoms with van der Waals surface area (Å²) in [6, 6.07) is 0. The summed E-state index contributed by atoms with van der Waals surface area (Å²) >= 11 is 0. The van der Waals surface area contributed by atoms with Gasteiger partial charge >= 0.3 is 0 Å². The van der Waals surface area contributed by atoms with E-state index in [1.54, 1.807) is 0 Å². The van der Waals surface area contributed by atoms with Crippen LogP contribution in [0.25, 0.3) is 0 Å². The highest BCUT2D eigenvalue weighted by molar-refractivity contribution is 5.46. The number of hydrogen-bond donors (Lipinski definition) is 3. The average molecular weight is 152 g/mol. The van der Waals surface area contributed by atoms with Gasteiger partial charge in [-0.2, -0.15) is 0 Å². The molecule has 0 aromatic rings. The molecule has 3 N–H and O–H groups in total. The van der Waals surface area contributed by atoms with Gasteiger partial charge in [-0.3, -0.25) is 0 Å². The lowest BCUT2D eigenvalue weighted by atomic mass is 10.3. The van der Waals surface area contributed by atoms with Crippen molar-refractivity contribution in [3.05, 3.63) is 29.6 Å². The minimum absolute atomic E-state index is 1.12. The minimum atomic E-state index is 1.12. The second-order valence-corrected chi connectivity index (χ2v) is 2.29. The smallest absolute Gasteiger partial charge is 0.0769 e. The molecular formula is C8H14N3. The van der Waals surface area contributed by atoms with Crippen LogP contribution < -0.4 is 16.0 Å². The molecule has 0 amide bonds. The first-order valence-electron chi connectivity index (χ1n) is 3.66. The van der Waals surface area contributed by atoms with Crippen molar-refractivity contribution in [2.45, 2.75) is 0 Å². The molecule has 61 valence electrons. The summed E-state index contributed by atoms with van der Waals surface area (Å²) in [4.78, 5) is 0. The molecule has 0 aliphatic heterocycles. The van der Waals surface area contributed by atoms with E-state index in [1.807, 2.05) is 33.6 Å². The number of hydrogen-bond acceptors (Lipinski definition) is 3. The van der Waals surface area contributed by atoms with E-state index in [4.69, 9.17) is 0 Å². The number of nitrogens with one attached hydrogen (secondary N) is 3. The van der Waals surface area contributed by atoms with Gasteiger partial charge in [0.15, 0.2) is 0 Å². The quantitative estimate of drug-likeness (QED) is 0.531. The van der Waals surface area contributed by atoms with Gasteiger partial charge in [0.1, 0.15) is 0 Å². The Hall–Kier alpha value is -1.12. The molecule has 11 heavy (non-hydrogen) atoms. The largest absolute Gasteiger partial charge is 0.389 e. The maximum Gasteiger partial charge on any atom is 0.0769 e. The third-order valence-corrected chi connectivity index (χ3v) is 1.74. The molecule has 3 heteroatoms. The maximum absolute atomic E-state index is 3.12. The summed E-state index contributed by atoms with van der Waals surface area (Å²) in [6.07, 6.45) is 4.08. The van der Waals surface area contributed by atoms with Crippen LogP contribution in [0.1, 0.15) is 0 Å². The van der Waals surface area contributed by atoms with Gasteiger partial charge in [0, 0.05) is 33.3 Å². The molecule has 0 atom stereocenters. The topological polar surface area (TPSA) is 36.1 Å². The van der Waals surface area contributed by atoms with E-state index in [1.165, 1.54) is 0 Å². The van der Waals surface area contributed by atoms with Crippen LogP contribution in [0.4, 0.5) is 0 Å². The van der Waals surface area contributed by atoms with E-state index in [9.17, 15) is 0 Å². The number of allylic oxidation sites excluding steroid dienone is 1. The molecule has 0 fully saturated rings. The Bertz CT molecular complexity index is 203. The monoisotopic (exact) mass is 152 g/mol. The highest BCUT2D eigenvalue weighted by Crippen LogP contribution is 2.17. The molecule has 0 bridgehead atoms. The van der Waals surface area contributed by atoms with Crippen molar-refractivity contribution < 1.29 is 0 Å². The van der Waals surface area contributed by atoms with Crippen LogP contribution in [-0.4, -0.2) is 21.1 Å². The zero-order valence-corrected chi connectivity index (χ0v) is 7.15. The summed E-state index contributed by atoms with van der Waals surface area (Å²) in [5.74, 6) is 0. The maximum atomic E-state index is 3.12. The molecule has 1 radical (unpaired) electrons. The first kappa shape index (κ1) is 7.98. The van der Waals surface area contributed by atoms with Crippen molar-refractivity contribution in [1.82, 2.24) is 16.0 Å². The zero-order valence-electron chi connectivity index (χ0n) is 7.15. The fourth-order valence-electron chi connectivity index (χ4n) is 1.16. The SMILES string of the molecule is CNC1=C[CH]C(NC)=C1NC. The van der Waals surface area contributed by atoms with Gasteiger partial charge in [-0.05, 0) is 6.08 Å². The summed E-state index contributed by atoms with van der Waals surface area (Å²) in [7, 11) is 5.74. The van der Waals surface area contributed by atoms with E-state index in [0.29, 0.717) is 0 Å². The Morgan fingerprint density at radius 1 is 1.00 bits per heavy atom. The first-order valence-corrected chi connectivity index (χ1v) is 3.66. The normalized spacial score (nSPS) is 16.5. The number of likely N-dealkylation sites (N-methyl/N-ethyl adjacent to an activating group) is 2. The van der Waals surface area contributed by atoms with Crippen LogP contribution in [0.5, 0.6) is 0 Å². The van der Waals surface area contributed by atoms with Gasteiger partial charge in [-0.25, -0.2) is 0 Å². The Labute approximate surface area is 67.6 Å². The number of rotatable bonds is 3. The van der Waals surface area contributed by atoms with Gasteiger partial charge in [-0.15, -0.1) is 0 Å². The Morgan fingerprint density at radius 3 is 2.18 bits per heavy atom. The first-order chi connectivity index (χ1) is 5.33. The summed E-state index contributed by atoms with van der Waals surface area (Å²) in [5, 5.41) is 9.32. The molecule has 0 saturated carbocycles. The Morgan fingerprint density at radius 2 is 1.73 bits per heavy atom. The van der Waals surface area contributed by atoms with Crippen LogP contribution in [-0.2, 0) is 0 Å². The lowest BCUT2D eigenvalue weighted by molar-refractivity contribution is 0.877. The van der Waals surface area contributed by atoms with Gasteiger partial charge in [0.25, 0.3) is 0 Å². The van der Waals surface area contributed by atoms with E-state index < -0.39 is 0 Å². The van der Waals surface area contributed by atoms with E-state index in [2.05, 4.69) is 16.0 Å². The van der Waals surface area contributed by atoms with E-state index in [0.717, 1.165) is 17.1 Å². The van der Waals surface area contributed by atoms with Crippen molar-refractivity contribution in [3.8, 4) is 0 Å². The van der Waals surface area contributed by atoms with Crippen LogP contribution in [0.3, 0.4) is 0 Å². The molecule has 1 rings (SSSR count). The summed E-state index contributed by atoms with van der Waals surface area (Å²) in [5.41, 5.74) is 3.36. The van der Waals surface area contributed by atoms with Crippen molar-refractivity contribution in [2.75, 3.05) is 21.1 Å². The van der Waals surface area contributed by atoms with Crippen molar-refractivity contribution in [2.24, 2.45) is 0 Å². The molecule has 0 spiro atoms. The van der Waals surface area contributed by atoms with Crippen LogP contribution in [0, 0.1) is 6.42 Å². The van der Waals surface area contributed by atoms with E-state index in [-0.39, 0.29) is 0 Å². The molecule has 0 saturated heterocycles. The van der Waals surface area contributed by atoms with Gasteiger partial charge in [0.2, 0.25) is 0 Å². The minimum Gasteiger partial charge on any atom is -0.389 e. The summed E-state index contributed by atoms with van der Waals surface area (Å²) in [6.45, 7) is 0. The molecule has 1 aliphatic rings. The van der Waals surface area contributed by atoms with Crippen LogP contribution in [0.15, 0.2) is 23.2 Å². The fraction of sp³-hybridized carbons (Fsp3) is 0.375. The van der Waals surface area contributed by atoms with Crippen LogP contribution >= 0.6 is 0 Å². The molecule has 0 unspecified atom stereocenters. The second kappa shape index (κ2) is 3.32. The lowest BCUT2D eigenvalue weighted by Crippen LogP contribution is -2.19. The van der Waals surface area contributed by atoms with Crippen molar-refractivity contribution in [3.63, 3.8) is 0 Å². The fourth-order valence-corrected chi connectivity index (χ4v) is 1.16. The molecule has 3 nitrogen and oxygen atoms in total. The van der Waals surface area contributed by atoms with Gasteiger partial charge in [0.05, 0.1) is 11.4 Å². The summed E-state index contributed by atoms with van der Waals surface area (Å²) < 4.78 is 0. The predicted octanol–water partition coefficient (Wildman–Crippen LogP) is -0.0420. The predicted molar refractivity (Wildman–Crippen MR) is 46.6 cm³/mol. The third-order valence-electron chi connectivity index (χ3n) is 1.74. The Kier molecular flexibility index (Phi) is 2.41. The van der Waals surface area contributed by atoms with Crippen LogP contribution in [0.2, 0.25) is 0 Å². The third kappa shape index (κ3) is 1.31. The van der Waals surface area contributed by atoms with Crippen molar-refractivity contribution >= 4 is 0 Å². The molecule has 0 aromatic heterocycles. The van der Waals surface area contributed by atoms with E-state index >= 15 is 0 Å². The average Bonchev–Trinajstić information content (AvgIpc) is 2.45. The Balaban J connectivity index is 2.80.